The second-order valence-electron chi connectivity index (χ2n) is 5.68. The summed E-state index contributed by atoms with van der Waals surface area (Å²) in [6.07, 6.45) is 3.77. The highest BCUT2D eigenvalue weighted by molar-refractivity contribution is 5.86. The molecule has 0 spiro atoms. The molecule has 1 saturated heterocycles. The largest absolute Gasteiger partial charge is 0.358 e. The number of hydrogen-bond donors (Lipinski definition) is 1. The van der Waals surface area contributed by atoms with Gasteiger partial charge in [0.25, 0.3) is 0 Å². The van der Waals surface area contributed by atoms with E-state index in [1.165, 1.54) is 19.3 Å². The second-order valence-corrected chi connectivity index (χ2v) is 5.68. The van der Waals surface area contributed by atoms with Crippen molar-refractivity contribution in [3.63, 3.8) is 0 Å². The van der Waals surface area contributed by atoms with Crippen molar-refractivity contribution in [3.8, 4) is 6.07 Å². The first-order valence-corrected chi connectivity index (χ1v) is 7.52. The zero-order valence-corrected chi connectivity index (χ0v) is 12.3. The minimum absolute atomic E-state index is 0.516. The van der Waals surface area contributed by atoms with Crippen molar-refractivity contribution in [2.45, 2.75) is 25.3 Å². The quantitative estimate of drug-likeness (QED) is 0.939. The van der Waals surface area contributed by atoms with Crippen LogP contribution in [0.1, 0.15) is 24.8 Å². The molecule has 1 unspecified atom stereocenters. The zero-order chi connectivity index (χ0) is 14.7. The number of aromatic nitrogens is 1. The molecule has 0 saturated carbocycles. The van der Waals surface area contributed by atoms with Crippen LogP contribution in [0.2, 0.25) is 0 Å². The summed E-state index contributed by atoms with van der Waals surface area (Å²) in [5.41, 5.74) is 1.58. The van der Waals surface area contributed by atoms with Gasteiger partial charge in [-0.15, -0.1) is 0 Å². The molecule has 2 heterocycles. The average Bonchev–Trinajstić information content (AvgIpc) is 2.54. The first kappa shape index (κ1) is 13.8. The Morgan fingerprint density at radius 1 is 1.38 bits per heavy atom. The molecule has 1 aromatic carbocycles. The second kappa shape index (κ2) is 6.11. The summed E-state index contributed by atoms with van der Waals surface area (Å²) in [6.45, 7) is 2.03. The SMILES string of the molecule is CN(CC1CCCCN1)c1cc(C#N)c2ccccc2n1. The molecule has 0 amide bonds. The Bertz CT molecular complexity index is 668. The van der Waals surface area contributed by atoms with Gasteiger partial charge in [-0.1, -0.05) is 24.6 Å². The van der Waals surface area contributed by atoms with E-state index < -0.39 is 0 Å². The van der Waals surface area contributed by atoms with Gasteiger partial charge in [-0.05, 0) is 31.5 Å². The van der Waals surface area contributed by atoms with Gasteiger partial charge >= 0.3 is 0 Å². The number of likely N-dealkylation sites (N-methyl/N-ethyl adjacent to an activating group) is 1. The van der Waals surface area contributed by atoms with E-state index in [9.17, 15) is 5.26 Å². The van der Waals surface area contributed by atoms with E-state index in [-0.39, 0.29) is 0 Å². The fourth-order valence-corrected chi connectivity index (χ4v) is 2.95. The van der Waals surface area contributed by atoms with Crippen LogP contribution in [0.3, 0.4) is 0 Å². The lowest BCUT2D eigenvalue weighted by molar-refractivity contribution is 0.403. The Kier molecular flexibility index (Phi) is 4.03. The van der Waals surface area contributed by atoms with Crippen molar-refractivity contribution < 1.29 is 0 Å². The number of nitriles is 1. The van der Waals surface area contributed by atoms with E-state index in [4.69, 9.17) is 4.98 Å². The van der Waals surface area contributed by atoms with Gasteiger partial charge in [0, 0.05) is 25.0 Å². The maximum absolute atomic E-state index is 9.35. The lowest BCUT2D eigenvalue weighted by Crippen LogP contribution is -2.42. The summed E-state index contributed by atoms with van der Waals surface area (Å²) >= 11 is 0. The van der Waals surface area contributed by atoms with Crippen molar-refractivity contribution >= 4 is 16.7 Å². The van der Waals surface area contributed by atoms with Gasteiger partial charge in [-0.2, -0.15) is 5.26 Å². The Morgan fingerprint density at radius 3 is 3.00 bits per heavy atom. The molecule has 108 valence electrons. The smallest absolute Gasteiger partial charge is 0.130 e. The summed E-state index contributed by atoms with van der Waals surface area (Å²) in [5, 5.41) is 13.8. The van der Waals surface area contributed by atoms with Gasteiger partial charge in [-0.25, -0.2) is 4.98 Å². The van der Waals surface area contributed by atoms with Crippen LogP contribution in [0.4, 0.5) is 5.82 Å². The third kappa shape index (κ3) is 2.98. The lowest BCUT2D eigenvalue weighted by atomic mass is 10.0. The van der Waals surface area contributed by atoms with Crippen LogP contribution in [-0.4, -0.2) is 31.2 Å². The molecule has 1 aromatic heterocycles. The minimum atomic E-state index is 0.516. The van der Waals surface area contributed by atoms with Crippen molar-refractivity contribution in [1.29, 1.82) is 5.26 Å². The van der Waals surface area contributed by atoms with Crippen LogP contribution in [0.15, 0.2) is 30.3 Å². The Labute approximate surface area is 125 Å². The average molecular weight is 280 g/mol. The number of fused-ring (bicyclic) bond motifs is 1. The van der Waals surface area contributed by atoms with E-state index >= 15 is 0 Å². The van der Waals surface area contributed by atoms with Gasteiger partial charge in [0.05, 0.1) is 17.1 Å². The molecular weight excluding hydrogens is 260 g/mol. The van der Waals surface area contributed by atoms with Crippen molar-refractivity contribution in [1.82, 2.24) is 10.3 Å². The predicted octanol–water partition coefficient (Wildman–Crippen LogP) is 2.68. The molecule has 1 atom stereocenters. The maximum Gasteiger partial charge on any atom is 0.130 e. The highest BCUT2D eigenvalue weighted by Crippen LogP contribution is 2.22. The van der Waals surface area contributed by atoms with Crippen molar-refractivity contribution in [2.75, 3.05) is 25.0 Å². The van der Waals surface area contributed by atoms with Gasteiger partial charge in [0.1, 0.15) is 5.82 Å². The Balaban J connectivity index is 1.87. The van der Waals surface area contributed by atoms with Crippen LogP contribution in [0.25, 0.3) is 10.9 Å². The molecule has 0 radical (unpaired) electrons. The summed E-state index contributed by atoms with van der Waals surface area (Å²) in [5.74, 6) is 0.873. The van der Waals surface area contributed by atoms with Gasteiger partial charge < -0.3 is 10.2 Å². The van der Waals surface area contributed by atoms with E-state index in [2.05, 4.69) is 23.3 Å². The normalized spacial score (nSPS) is 18.4. The Morgan fingerprint density at radius 2 is 2.24 bits per heavy atom. The van der Waals surface area contributed by atoms with E-state index in [0.29, 0.717) is 11.6 Å². The first-order valence-electron chi connectivity index (χ1n) is 7.52. The van der Waals surface area contributed by atoms with E-state index in [1.807, 2.05) is 30.3 Å². The number of piperidine rings is 1. The number of hydrogen-bond acceptors (Lipinski definition) is 4. The summed E-state index contributed by atoms with van der Waals surface area (Å²) in [4.78, 5) is 6.85. The van der Waals surface area contributed by atoms with Gasteiger partial charge in [0.15, 0.2) is 0 Å². The zero-order valence-electron chi connectivity index (χ0n) is 12.3. The predicted molar refractivity (Wildman–Crippen MR) is 85.4 cm³/mol. The summed E-state index contributed by atoms with van der Waals surface area (Å²) in [7, 11) is 2.05. The van der Waals surface area contributed by atoms with E-state index in [1.54, 1.807) is 0 Å². The standard InChI is InChI=1S/C17H20N4/c1-21(12-14-6-4-5-9-19-14)17-10-13(11-18)15-7-2-3-8-16(15)20-17/h2-3,7-8,10,14,19H,4-6,9,12H2,1H3. The number of pyridine rings is 1. The molecule has 4 heteroatoms. The first-order chi connectivity index (χ1) is 10.3. The summed E-state index contributed by atoms with van der Waals surface area (Å²) < 4.78 is 0. The topological polar surface area (TPSA) is 52.0 Å². The van der Waals surface area contributed by atoms with Gasteiger partial charge in [0.2, 0.25) is 0 Å². The Hall–Kier alpha value is -2.12. The number of nitrogens with zero attached hydrogens (tertiary/aromatic N) is 3. The molecular formula is C17H20N4. The monoisotopic (exact) mass is 280 g/mol. The number of benzene rings is 1. The van der Waals surface area contributed by atoms with Crippen LogP contribution >= 0.6 is 0 Å². The molecule has 1 fully saturated rings. The van der Waals surface area contributed by atoms with Gasteiger partial charge in [-0.3, -0.25) is 0 Å². The molecule has 4 nitrogen and oxygen atoms in total. The molecule has 3 rings (SSSR count). The molecule has 1 aliphatic rings. The maximum atomic E-state index is 9.35. The molecule has 1 N–H and O–H groups in total. The number of nitrogens with one attached hydrogen (secondary N) is 1. The molecule has 0 bridgehead atoms. The highest BCUT2D eigenvalue weighted by atomic mass is 15.2. The van der Waals surface area contributed by atoms with Crippen LogP contribution < -0.4 is 10.2 Å². The van der Waals surface area contributed by atoms with Crippen LogP contribution in [0.5, 0.6) is 0 Å². The summed E-state index contributed by atoms with van der Waals surface area (Å²) in [6, 6.07) is 12.5. The third-order valence-corrected chi connectivity index (χ3v) is 4.12. The van der Waals surface area contributed by atoms with Crippen molar-refractivity contribution in [2.24, 2.45) is 0 Å². The lowest BCUT2D eigenvalue weighted by Gasteiger charge is -2.29. The molecule has 0 aliphatic carbocycles. The fraction of sp³-hybridized carbons (Fsp3) is 0.412. The number of para-hydroxylation sites is 1. The van der Waals surface area contributed by atoms with E-state index in [0.717, 1.165) is 29.8 Å². The molecule has 1 aliphatic heterocycles. The fourth-order valence-electron chi connectivity index (χ4n) is 2.95. The molecule has 2 aromatic rings. The third-order valence-electron chi connectivity index (χ3n) is 4.12. The number of anilines is 1. The molecule has 21 heavy (non-hydrogen) atoms. The highest BCUT2D eigenvalue weighted by Gasteiger charge is 2.16. The van der Waals surface area contributed by atoms with Crippen LogP contribution in [0, 0.1) is 11.3 Å². The number of rotatable bonds is 3. The van der Waals surface area contributed by atoms with Crippen LogP contribution in [-0.2, 0) is 0 Å². The van der Waals surface area contributed by atoms with Crippen molar-refractivity contribution in [3.05, 3.63) is 35.9 Å². The minimum Gasteiger partial charge on any atom is -0.358 e.